The number of aromatic hydroxyl groups is 1. The Morgan fingerprint density at radius 2 is 1.80 bits per heavy atom. The summed E-state index contributed by atoms with van der Waals surface area (Å²) in [5.74, 6) is 1.22. The summed E-state index contributed by atoms with van der Waals surface area (Å²) in [5.41, 5.74) is 5.25. The maximum absolute atomic E-state index is 10.9. The van der Waals surface area contributed by atoms with Crippen LogP contribution in [0.5, 0.6) is 5.88 Å². The van der Waals surface area contributed by atoms with Crippen molar-refractivity contribution in [3.05, 3.63) is 76.7 Å². The molecule has 6 nitrogen and oxygen atoms in total. The van der Waals surface area contributed by atoms with Crippen LogP contribution in [0.1, 0.15) is 48.5 Å². The van der Waals surface area contributed by atoms with Crippen LogP contribution in [0.25, 0.3) is 16.9 Å². The molecular weight excluding hydrogens is 374 g/mol. The van der Waals surface area contributed by atoms with Crippen molar-refractivity contribution in [1.29, 1.82) is 5.26 Å². The third kappa shape index (κ3) is 3.62. The van der Waals surface area contributed by atoms with Crippen molar-refractivity contribution in [3.63, 3.8) is 0 Å². The van der Waals surface area contributed by atoms with Gasteiger partial charge in [0.2, 0.25) is 5.88 Å². The molecule has 1 N–H and O–H groups in total. The summed E-state index contributed by atoms with van der Waals surface area (Å²) in [7, 11) is 0. The van der Waals surface area contributed by atoms with Crippen molar-refractivity contribution in [2.45, 2.75) is 39.5 Å². The largest absolute Gasteiger partial charge is 0.493 e. The maximum Gasteiger partial charge on any atom is 0.255 e. The number of fused-ring (bicyclic) bond motifs is 1. The summed E-state index contributed by atoms with van der Waals surface area (Å²) < 4.78 is 1.44. The summed E-state index contributed by atoms with van der Waals surface area (Å²) in [4.78, 5) is 9.07. The van der Waals surface area contributed by atoms with Gasteiger partial charge in [0, 0.05) is 18.4 Å². The van der Waals surface area contributed by atoms with Gasteiger partial charge in [-0.15, -0.1) is 5.10 Å². The second-order valence-electron chi connectivity index (χ2n) is 7.24. The quantitative estimate of drug-likeness (QED) is 0.518. The average Bonchev–Trinajstić information content (AvgIpc) is 3.20. The molecule has 2 aromatic carbocycles. The second-order valence-corrected chi connectivity index (χ2v) is 7.24. The van der Waals surface area contributed by atoms with Gasteiger partial charge in [-0.2, -0.15) is 14.8 Å². The number of nitrogens with zero attached hydrogens (tertiary/aromatic N) is 5. The van der Waals surface area contributed by atoms with Gasteiger partial charge in [0.05, 0.1) is 17.3 Å². The first kappa shape index (κ1) is 19.6. The number of aryl methyl sites for hydroxylation is 2. The fourth-order valence-electron chi connectivity index (χ4n) is 3.62. The van der Waals surface area contributed by atoms with Crippen LogP contribution in [0.15, 0.2) is 48.5 Å². The topological polar surface area (TPSA) is 87.1 Å². The highest BCUT2D eigenvalue weighted by Crippen LogP contribution is 2.28. The minimum atomic E-state index is 0.106. The molecule has 0 aliphatic carbocycles. The Bertz CT molecular complexity index is 1240. The number of hydrogen-bond acceptors (Lipinski definition) is 5. The Hall–Kier alpha value is -3.72. The van der Waals surface area contributed by atoms with E-state index in [1.165, 1.54) is 4.52 Å². The van der Waals surface area contributed by atoms with Gasteiger partial charge < -0.3 is 5.11 Å². The molecule has 150 valence electrons. The van der Waals surface area contributed by atoms with E-state index < -0.39 is 0 Å². The van der Waals surface area contributed by atoms with Crippen LogP contribution in [0.2, 0.25) is 0 Å². The molecular formula is C24H23N5O. The van der Waals surface area contributed by atoms with Crippen molar-refractivity contribution in [2.24, 2.45) is 0 Å². The lowest BCUT2D eigenvalue weighted by atomic mass is 9.97. The molecule has 0 atom stereocenters. The lowest BCUT2D eigenvalue weighted by Gasteiger charge is -2.12. The fraction of sp³-hybridized carbons (Fsp3) is 0.250. The van der Waals surface area contributed by atoms with E-state index in [0.29, 0.717) is 30.0 Å². The molecule has 0 amide bonds. The third-order valence-corrected chi connectivity index (χ3v) is 5.18. The van der Waals surface area contributed by atoms with Crippen LogP contribution in [0.4, 0.5) is 0 Å². The smallest absolute Gasteiger partial charge is 0.255 e. The lowest BCUT2D eigenvalue weighted by molar-refractivity contribution is 0.426. The number of benzene rings is 2. The minimum absolute atomic E-state index is 0.106. The normalized spacial score (nSPS) is 11.0. The summed E-state index contributed by atoms with van der Waals surface area (Å²) >= 11 is 0. The Labute approximate surface area is 175 Å². The average molecular weight is 397 g/mol. The monoisotopic (exact) mass is 397 g/mol. The number of aromatic nitrogens is 4. The lowest BCUT2D eigenvalue weighted by Crippen LogP contribution is -2.05. The van der Waals surface area contributed by atoms with Crippen LogP contribution in [0, 0.1) is 11.3 Å². The van der Waals surface area contributed by atoms with Gasteiger partial charge in [-0.05, 0) is 29.2 Å². The first-order valence-electron chi connectivity index (χ1n) is 10.2. The fourth-order valence-corrected chi connectivity index (χ4v) is 3.62. The molecule has 0 radical (unpaired) electrons. The molecule has 4 aromatic rings. The summed E-state index contributed by atoms with van der Waals surface area (Å²) in [6.07, 6.45) is 2.92. The van der Waals surface area contributed by atoms with Crippen LogP contribution in [0.3, 0.4) is 0 Å². The van der Waals surface area contributed by atoms with Gasteiger partial charge in [0.25, 0.3) is 5.78 Å². The molecule has 30 heavy (non-hydrogen) atoms. The first-order valence-corrected chi connectivity index (χ1v) is 10.2. The highest BCUT2D eigenvalue weighted by molar-refractivity contribution is 5.70. The Balaban J connectivity index is 1.70. The molecule has 2 aromatic heterocycles. The first-order chi connectivity index (χ1) is 14.6. The Kier molecular flexibility index (Phi) is 5.44. The maximum atomic E-state index is 10.9. The van der Waals surface area contributed by atoms with E-state index in [1.54, 1.807) is 0 Å². The molecule has 0 unspecified atom stereocenters. The SMILES string of the molecule is CCCc1nc2nc(CC)nn2c(O)c1Cc1ccc(-c2ccccc2C#N)cc1. The standard InChI is InChI=1S/C24H23N5O/c1-3-7-21-20(23(30)29-24(26-21)27-22(4-2)28-29)14-16-10-12-17(13-11-16)19-9-6-5-8-18(19)15-25/h5-6,8-13,30H,3-4,7,14H2,1-2H3. The second kappa shape index (κ2) is 8.34. The van der Waals surface area contributed by atoms with Gasteiger partial charge in [-0.1, -0.05) is 62.7 Å². The van der Waals surface area contributed by atoms with Crippen molar-refractivity contribution in [2.75, 3.05) is 0 Å². The minimum Gasteiger partial charge on any atom is -0.493 e. The molecule has 0 bridgehead atoms. The molecule has 0 spiro atoms. The molecule has 0 fully saturated rings. The molecule has 0 saturated heterocycles. The van der Waals surface area contributed by atoms with E-state index in [1.807, 2.05) is 55.5 Å². The van der Waals surface area contributed by atoms with Crippen LogP contribution in [-0.2, 0) is 19.3 Å². The highest BCUT2D eigenvalue weighted by Gasteiger charge is 2.17. The van der Waals surface area contributed by atoms with Crippen LogP contribution >= 0.6 is 0 Å². The van der Waals surface area contributed by atoms with E-state index in [0.717, 1.165) is 40.8 Å². The predicted molar refractivity (Wildman–Crippen MR) is 115 cm³/mol. The zero-order valence-corrected chi connectivity index (χ0v) is 17.1. The Morgan fingerprint density at radius 1 is 1.03 bits per heavy atom. The van der Waals surface area contributed by atoms with Gasteiger partial charge in [0.15, 0.2) is 5.82 Å². The predicted octanol–water partition coefficient (Wildman–Crippen LogP) is 4.47. The van der Waals surface area contributed by atoms with Crippen molar-refractivity contribution in [1.82, 2.24) is 19.6 Å². The molecule has 0 aliphatic rings. The van der Waals surface area contributed by atoms with E-state index in [9.17, 15) is 10.4 Å². The van der Waals surface area contributed by atoms with E-state index in [4.69, 9.17) is 0 Å². The zero-order valence-electron chi connectivity index (χ0n) is 17.1. The highest BCUT2D eigenvalue weighted by atomic mass is 16.3. The molecule has 6 heteroatoms. The van der Waals surface area contributed by atoms with Gasteiger partial charge in [-0.25, -0.2) is 4.98 Å². The summed E-state index contributed by atoms with van der Waals surface area (Å²) in [6.45, 7) is 4.07. The van der Waals surface area contributed by atoms with Crippen molar-refractivity contribution in [3.8, 4) is 23.1 Å². The molecule has 0 saturated carbocycles. The zero-order chi connectivity index (χ0) is 21.1. The van der Waals surface area contributed by atoms with Crippen molar-refractivity contribution < 1.29 is 5.11 Å². The summed E-state index contributed by atoms with van der Waals surface area (Å²) in [6, 6.07) is 17.9. The van der Waals surface area contributed by atoms with E-state index in [2.05, 4.69) is 28.1 Å². The van der Waals surface area contributed by atoms with E-state index in [-0.39, 0.29) is 5.88 Å². The molecule has 2 heterocycles. The van der Waals surface area contributed by atoms with Gasteiger partial charge in [0.1, 0.15) is 0 Å². The third-order valence-electron chi connectivity index (χ3n) is 5.18. The number of nitriles is 1. The molecule has 4 rings (SSSR count). The number of hydrogen-bond donors (Lipinski definition) is 1. The van der Waals surface area contributed by atoms with Crippen LogP contribution < -0.4 is 0 Å². The van der Waals surface area contributed by atoms with E-state index >= 15 is 0 Å². The molecule has 0 aliphatic heterocycles. The summed E-state index contributed by atoms with van der Waals surface area (Å²) in [5, 5.41) is 24.6. The van der Waals surface area contributed by atoms with Gasteiger partial charge in [-0.3, -0.25) is 0 Å². The van der Waals surface area contributed by atoms with Crippen molar-refractivity contribution >= 4 is 5.78 Å². The van der Waals surface area contributed by atoms with Gasteiger partial charge >= 0.3 is 0 Å². The Morgan fingerprint density at radius 3 is 2.50 bits per heavy atom. The van der Waals surface area contributed by atoms with Crippen LogP contribution in [-0.4, -0.2) is 24.7 Å². The number of rotatable bonds is 6.